The number of aromatic amines is 1. The van der Waals surface area contributed by atoms with Gasteiger partial charge in [0.05, 0.1) is 11.1 Å². The Morgan fingerprint density at radius 1 is 1.00 bits per heavy atom. The number of aromatic nitrogens is 3. The van der Waals surface area contributed by atoms with Gasteiger partial charge in [-0.3, -0.25) is 5.10 Å². The summed E-state index contributed by atoms with van der Waals surface area (Å²) in [5, 5.41) is 11.6. The van der Waals surface area contributed by atoms with E-state index in [1.165, 1.54) is 11.1 Å². The molecule has 0 saturated heterocycles. The summed E-state index contributed by atoms with van der Waals surface area (Å²) in [6.45, 7) is 3.82. The van der Waals surface area contributed by atoms with Crippen LogP contribution in [0.5, 0.6) is 0 Å². The lowest BCUT2D eigenvalue weighted by Crippen LogP contribution is -2.17. The van der Waals surface area contributed by atoms with Crippen LogP contribution >= 0.6 is 0 Å². The minimum Gasteiger partial charge on any atom is -0.384 e. The predicted octanol–water partition coefficient (Wildman–Crippen LogP) is 3.85. The van der Waals surface area contributed by atoms with Gasteiger partial charge in [-0.2, -0.15) is 5.10 Å². The lowest BCUT2D eigenvalue weighted by molar-refractivity contribution is 0.686. The molecule has 0 unspecified atom stereocenters. The first kappa shape index (κ1) is 17.2. The first-order valence-corrected chi connectivity index (χ1v) is 9.17. The van der Waals surface area contributed by atoms with Crippen molar-refractivity contribution in [2.75, 3.05) is 12.3 Å². The zero-order valence-electron chi connectivity index (χ0n) is 15.4. The van der Waals surface area contributed by atoms with Gasteiger partial charge >= 0.3 is 0 Å². The number of benzene rings is 2. The molecule has 136 valence electrons. The lowest BCUT2D eigenvalue weighted by Gasteiger charge is -2.14. The normalized spacial score (nSPS) is 11.1. The number of fused-ring (bicyclic) bond motifs is 1. The summed E-state index contributed by atoms with van der Waals surface area (Å²) >= 11 is 0. The molecule has 0 bridgehead atoms. The third-order valence-corrected chi connectivity index (χ3v) is 4.88. The molecule has 0 radical (unpaired) electrons. The summed E-state index contributed by atoms with van der Waals surface area (Å²) < 4.78 is 0. The maximum Gasteiger partial charge on any atom is 0.183 e. The van der Waals surface area contributed by atoms with Gasteiger partial charge in [0.25, 0.3) is 0 Å². The highest BCUT2D eigenvalue weighted by Crippen LogP contribution is 2.31. The van der Waals surface area contributed by atoms with Crippen molar-refractivity contribution in [3.05, 3.63) is 77.4 Å². The summed E-state index contributed by atoms with van der Waals surface area (Å²) in [6, 6.07) is 20.7. The van der Waals surface area contributed by atoms with E-state index in [1.807, 2.05) is 24.3 Å². The molecule has 0 saturated carbocycles. The Balaban J connectivity index is 1.63. The standard InChI is InChI=1S/C22H23N5/c1-15-18(12-13-24-14-16-8-4-2-5-9-16)20(17-10-6-3-7-11-17)25-22-19(15)21(23)26-27-22/h2-11,24H,12-14H2,1H3,(H3,23,25,26,27). The minimum atomic E-state index is 0.577. The topological polar surface area (TPSA) is 79.6 Å². The minimum absolute atomic E-state index is 0.577. The molecule has 5 heteroatoms. The molecule has 2 aromatic carbocycles. The van der Waals surface area contributed by atoms with Gasteiger partial charge in [-0.05, 0) is 36.6 Å². The van der Waals surface area contributed by atoms with Crippen LogP contribution in [0.25, 0.3) is 22.3 Å². The van der Waals surface area contributed by atoms with Gasteiger partial charge in [0.2, 0.25) is 0 Å². The Hall–Kier alpha value is -3.18. The van der Waals surface area contributed by atoms with E-state index in [4.69, 9.17) is 10.7 Å². The van der Waals surface area contributed by atoms with Crippen LogP contribution in [0.4, 0.5) is 5.82 Å². The number of nitrogens with two attached hydrogens (primary N) is 1. The average Bonchev–Trinajstić information content (AvgIpc) is 3.09. The highest BCUT2D eigenvalue weighted by Gasteiger charge is 2.17. The average molecular weight is 357 g/mol. The second kappa shape index (κ2) is 7.60. The fraction of sp³-hybridized carbons (Fsp3) is 0.182. The third-order valence-electron chi connectivity index (χ3n) is 4.88. The molecule has 2 aromatic heterocycles. The molecular weight excluding hydrogens is 334 g/mol. The monoisotopic (exact) mass is 357 g/mol. The highest BCUT2D eigenvalue weighted by atomic mass is 15.2. The molecule has 5 nitrogen and oxygen atoms in total. The highest BCUT2D eigenvalue weighted by molar-refractivity contribution is 5.92. The van der Waals surface area contributed by atoms with Crippen molar-refractivity contribution < 1.29 is 0 Å². The largest absolute Gasteiger partial charge is 0.384 e. The Morgan fingerprint density at radius 2 is 1.70 bits per heavy atom. The molecule has 27 heavy (non-hydrogen) atoms. The molecule has 0 aliphatic rings. The van der Waals surface area contributed by atoms with Crippen LogP contribution in [0.15, 0.2) is 60.7 Å². The maximum atomic E-state index is 6.09. The third kappa shape index (κ3) is 3.55. The van der Waals surface area contributed by atoms with Crippen molar-refractivity contribution >= 4 is 16.9 Å². The van der Waals surface area contributed by atoms with E-state index in [2.05, 4.69) is 58.8 Å². The van der Waals surface area contributed by atoms with Gasteiger partial charge in [0.15, 0.2) is 5.65 Å². The SMILES string of the molecule is Cc1c(CCNCc2ccccc2)c(-c2ccccc2)nc2n[nH]c(N)c12. The van der Waals surface area contributed by atoms with Crippen LogP contribution in [0.1, 0.15) is 16.7 Å². The molecule has 4 N–H and O–H groups in total. The summed E-state index contributed by atoms with van der Waals surface area (Å²) in [5.41, 5.74) is 12.5. The number of rotatable bonds is 6. The Morgan fingerprint density at radius 3 is 2.44 bits per heavy atom. The van der Waals surface area contributed by atoms with Crippen molar-refractivity contribution in [3.63, 3.8) is 0 Å². The van der Waals surface area contributed by atoms with E-state index in [-0.39, 0.29) is 0 Å². The first-order chi connectivity index (χ1) is 13.2. The number of pyridine rings is 1. The van der Waals surface area contributed by atoms with Crippen LogP contribution < -0.4 is 11.1 Å². The van der Waals surface area contributed by atoms with Gasteiger partial charge in [0.1, 0.15) is 5.82 Å². The van der Waals surface area contributed by atoms with Gasteiger partial charge in [-0.15, -0.1) is 0 Å². The van der Waals surface area contributed by atoms with Crippen molar-refractivity contribution in [1.29, 1.82) is 0 Å². The van der Waals surface area contributed by atoms with Crippen molar-refractivity contribution in [2.24, 2.45) is 0 Å². The molecule has 2 heterocycles. The molecule has 4 rings (SSSR count). The van der Waals surface area contributed by atoms with Gasteiger partial charge in [-0.25, -0.2) is 4.98 Å². The van der Waals surface area contributed by atoms with Crippen LogP contribution in [0.2, 0.25) is 0 Å². The second-order valence-electron chi connectivity index (χ2n) is 6.68. The Kier molecular flexibility index (Phi) is 4.85. The van der Waals surface area contributed by atoms with E-state index in [1.54, 1.807) is 0 Å². The van der Waals surface area contributed by atoms with E-state index < -0.39 is 0 Å². The number of aryl methyl sites for hydroxylation is 1. The van der Waals surface area contributed by atoms with Gasteiger partial charge < -0.3 is 11.1 Å². The second-order valence-corrected chi connectivity index (χ2v) is 6.68. The zero-order valence-corrected chi connectivity index (χ0v) is 15.4. The van der Waals surface area contributed by atoms with E-state index in [0.29, 0.717) is 11.5 Å². The Bertz CT molecular complexity index is 1040. The molecule has 0 spiro atoms. The summed E-state index contributed by atoms with van der Waals surface area (Å²) in [6.07, 6.45) is 0.871. The van der Waals surface area contributed by atoms with Crippen LogP contribution in [0, 0.1) is 6.92 Å². The molecule has 0 atom stereocenters. The van der Waals surface area contributed by atoms with Crippen LogP contribution in [-0.2, 0) is 13.0 Å². The smallest absolute Gasteiger partial charge is 0.183 e. The summed E-state index contributed by atoms with van der Waals surface area (Å²) in [4.78, 5) is 4.81. The number of hydrogen-bond donors (Lipinski definition) is 3. The quantitative estimate of drug-likeness (QED) is 0.458. The zero-order chi connectivity index (χ0) is 18.6. The predicted molar refractivity (Wildman–Crippen MR) is 110 cm³/mol. The summed E-state index contributed by atoms with van der Waals surface area (Å²) in [7, 11) is 0. The van der Waals surface area contributed by atoms with E-state index >= 15 is 0 Å². The number of H-pyrrole nitrogens is 1. The van der Waals surface area contributed by atoms with Gasteiger partial charge in [-0.1, -0.05) is 60.7 Å². The van der Waals surface area contributed by atoms with E-state index in [9.17, 15) is 0 Å². The molecular formula is C22H23N5. The molecule has 0 aliphatic carbocycles. The number of anilines is 1. The molecule has 0 fully saturated rings. The maximum absolute atomic E-state index is 6.09. The summed E-state index contributed by atoms with van der Waals surface area (Å²) in [5.74, 6) is 0.577. The van der Waals surface area contributed by atoms with Crippen LogP contribution in [0.3, 0.4) is 0 Å². The van der Waals surface area contributed by atoms with Gasteiger partial charge in [0, 0.05) is 12.1 Å². The fourth-order valence-electron chi connectivity index (χ4n) is 3.48. The molecule has 4 aromatic rings. The Labute approximate surface area is 158 Å². The molecule has 0 amide bonds. The first-order valence-electron chi connectivity index (χ1n) is 9.17. The lowest BCUT2D eigenvalue weighted by atomic mass is 9.97. The molecule has 0 aliphatic heterocycles. The number of nitrogens with one attached hydrogen (secondary N) is 2. The number of nitrogen functional groups attached to an aromatic ring is 1. The van der Waals surface area contributed by atoms with Crippen molar-refractivity contribution in [3.8, 4) is 11.3 Å². The van der Waals surface area contributed by atoms with E-state index in [0.717, 1.165) is 41.7 Å². The fourth-order valence-corrected chi connectivity index (χ4v) is 3.48. The van der Waals surface area contributed by atoms with Crippen molar-refractivity contribution in [2.45, 2.75) is 19.9 Å². The number of nitrogens with zero attached hydrogens (tertiary/aromatic N) is 2. The van der Waals surface area contributed by atoms with Crippen LogP contribution in [-0.4, -0.2) is 21.7 Å². The number of hydrogen-bond acceptors (Lipinski definition) is 4. The van der Waals surface area contributed by atoms with Crippen molar-refractivity contribution in [1.82, 2.24) is 20.5 Å².